The molecule has 0 aliphatic carbocycles. The number of pyridine rings is 2. The highest BCUT2D eigenvalue weighted by Crippen LogP contribution is 2.09. The minimum atomic E-state index is -0.409. The van der Waals surface area contributed by atoms with Gasteiger partial charge in [-0.1, -0.05) is 0 Å². The number of nitrogens with one attached hydrogen (secondary N) is 2. The van der Waals surface area contributed by atoms with Gasteiger partial charge in [0.15, 0.2) is 0 Å². The summed E-state index contributed by atoms with van der Waals surface area (Å²) in [5.41, 5.74) is 0.445. The molecule has 8 nitrogen and oxygen atoms in total. The van der Waals surface area contributed by atoms with Gasteiger partial charge in [0.2, 0.25) is 0 Å². The van der Waals surface area contributed by atoms with Crippen molar-refractivity contribution in [1.29, 1.82) is 0 Å². The molecule has 0 saturated heterocycles. The Morgan fingerprint density at radius 3 is 2.00 bits per heavy atom. The first-order chi connectivity index (χ1) is 11.0. The zero-order chi connectivity index (χ0) is 16.8. The number of hydrogen-bond donors (Lipinski definition) is 4. The Kier molecular flexibility index (Phi) is 6.94. The summed E-state index contributed by atoms with van der Waals surface area (Å²) in [4.78, 5) is 31.3. The Morgan fingerprint density at radius 2 is 1.50 bits per heavy atom. The average molecular weight is 352 g/mol. The van der Waals surface area contributed by atoms with Gasteiger partial charge in [-0.25, -0.2) is 0 Å². The van der Waals surface area contributed by atoms with Crippen LogP contribution in [0.15, 0.2) is 36.9 Å². The van der Waals surface area contributed by atoms with Gasteiger partial charge in [-0.15, -0.1) is 0 Å². The molecule has 2 aromatic rings. The molecule has 24 heavy (non-hydrogen) atoms. The fraction of sp³-hybridized carbons (Fsp3) is 0.200. The lowest BCUT2D eigenvalue weighted by atomic mass is 10.2. The van der Waals surface area contributed by atoms with Gasteiger partial charge in [-0.2, -0.15) is 0 Å². The third-order valence-corrected chi connectivity index (χ3v) is 2.92. The van der Waals surface area contributed by atoms with E-state index in [1.54, 1.807) is 6.92 Å². The number of nitrogens with zero attached hydrogens (tertiary/aromatic N) is 2. The number of aromatic hydroxyl groups is 2. The summed E-state index contributed by atoms with van der Waals surface area (Å²) in [6.07, 6.45) is 5.11. The summed E-state index contributed by atoms with van der Waals surface area (Å²) in [7, 11) is 0. The second-order valence-corrected chi connectivity index (χ2v) is 4.95. The molecule has 4 N–H and O–H groups in total. The maximum absolute atomic E-state index is 11.9. The first-order valence-electron chi connectivity index (χ1n) is 6.83. The number of halogens is 1. The highest BCUT2D eigenvalue weighted by atomic mass is 35.5. The second-order valence-electron chi connectivity index (χ2n) is 4.95. The van der Waals surface area contributed by atoms with Crippen molar-refractivity contribution >= 4 is 11.8 Å². The molecule has 1 atom stereocenters. The van der Waals surface area contributed by atoms with Gasteiger partial charge in [-0.3, -0.25) is 19.6 Å². The Labute approximate surface area is 144 Å². The van der Waals surface area contributed by atoms with Gasteiger partial charge in [0.25, 0.3) is 11.8 Å². The van der Waals surface area contributed by atoms with Gasteiger partial charge in [0.1, 0.15) is 11.5 Å². The summed E-state index contributed by atoms with van der Waals surface area (Å²) in [5.74, 6) is -1.02. The van der Waals surface area contributed by atoms with Crippen LogP contribution in [0.2, 0.25) is 0 Å². The fourth-order valence-corrected chi connectivity index (χ4v) is 1.81. The topological polar surface area (TPSA) is 124 Å². The minimum Gasteiger partial charge on any atom is -1.00 e. The first-order valence-corrected chi connectivity index (χ1v) is 6.83. The number of carbonyl (C=O) groups excluding carboxylic acids is 2. The van der Waals surface area contributed by atoms with Crippen molar-refractivity contribution in [3.05, 3.63) is 48.0 Å². The zero-order valence-corrected chi connectivity index (χ0v) is 13.5. The Morgan fingerprint density at radius 1 is 1.00 bits per heavy atom. The maximum Gasteiger partial charge on any atom is 0.253 e. The molecular weight excluding hydrogens is 336 g/mol. The van der Waals surface area contributed by atoms with Gasteiger partial charge >= 0.3 is 0 Å². The molecule has 0 saturated carbocycles. The number of hydrogen-bond acceptors (Lipinski definition) is 6. The van der Waals surface area contributed by atoms with Crippen LogP contribution in [0, 0.1) is 0 Å². The Balaban J connectivity index is 0.00000288. The standard InChI is InChI=1S/C15H16N4O4.ClH/c1-9(19-15(23)11-3-13(21)8-17-6-11)4-18-14(22)10-2-12(20)7-16-5-10;/h2-3,5-9,20-21H,4H2,1H3,(H,18,22)(H,19,23);1H/p-1. The highest BCUT2D eigenvalue weighted by molar-refractivity contribution is 5.95. The number of carbonyl (C=O) groups is 2. The molecule has 0 aromatic carbocycles. The summed E-state index contributed by atoms with van der Waals surface area (Å²) in [6, 6.07) is 2.25. The summed E-state index contributed by atoms with van der Waals surface area (Å²) in [5, 5.41) is 23.9. The molecule has 2 amide bonds. The third kappa shape index (κ3) is 5.40. The molecule has 0 bridgehead atoms. The van der Waals surface area contributed by atoms with E-state index in [9.17, 15) is 19.8 Å². The molecule has 0 aliphatic rings. The van der Waals surface area contributed by atoms with Gasteiger partial charge < -0.3 is 33.3 Å². The van der Waals surface area contributed by atoms with Gasteiger partial charge in [0, 0.05) is 25.0 Å². The van der Waals surface area contributed by atoms with E-state index >= 15 is 0 Å². The highest BCUT2D eigenvalue weighted by Gasteiger charge is 2.13. The van der Waals surface area contributed by atoms with Crippen LogP contribution in [0.25, 0.3) is 0 Å². The molecular formula is C15H16ClN4O4-. The van der Waals surface area contributed by atoms with Crippen LogP contribution in [0.3, 0.4) is 0 Å². The predicted molar refractivity (Wildman–Crippen MR) is 81.1 cm³/mol. The lowest BCUT2D eigenvalue weighted by Crippen LogP contribution is -3.00. The van der Waals surface area contributed by atoms with Crippen LogP contribution in [-0.4, -0.2) is 44.6 Å². The van der Waals surface area contributed by atoms with Crippen molar-refractivity contribution in [2.45, 2.75) is 13.0 Å². The van der Waals surface area contributed by atoms with Crippen LogP contribution >= 0.6 is 0 Å². The monoisotopic (exact) mass is 351 g/mol. The minimum absolute atomic E-state index is 0. The summed E-state index contributed by atoms with van der Waals surface area (Å²) >= 11 is 0. The van der Waals surface area contributed by atoms with Crippen molar-refractivity contribution < 1.29 is 32.2 Å². The van der Waals surface area contributed by atoms with Crippen LogP contribution in [0.1, 0.15) is 27.6 Å². The lowest BCUT2D eigenvalue weighted by Gasteiger charge is -2.14. The summed E-state index contributed by atoms with van der Waals surface area (Å²) in [6.45, 7) is 1.90. The summed E-state index contributed by atoms with van der Waals surface area (Å²) < 4.78 is 0. The largest absolute Gasteiger partial charge is 1.00 e. The number of aromatic nitrogens is 2. The Hall–Kier alpha value is -2.87. The third-order valence-electron chi connectivity index (χ3n) is 2.92. The van der Waals surface area contributed by atoms with Crippen molar-refractivity contribution in [2.24, 2.45) is 0 Å². The molecule has 128 valence electrons. The molecule has 9 heteroatoms. The van der Waals surface area contributed by atoms with Crippen LogP contribution in [0.4, 0.5) is 0 Å². The molecule has 0 spiro atoms. The zero-order valence-electron chi connectivity index (χ0n) is 12.7. The average Bonchev–Trinajstić information content (AvgIpc) is 2.52. The van der Waals surface area contributed by atoms with Crippen molar-refractivity contribution in [3.8, 4) is 11.5 Å². The van der Waals surface area contributed by atoms with Gasteiger partial charge in [0.05, 0.1) is 23.5 Å². The smallest absolute Gasteiger partial charge is 0.253 e. The first kappa shape index (κ1) is 19.2. The van der Waals surface area contributed by atoms with E-state index in [2.05, 4.69) is 20.6 Å². The van der Waals surface area contributed by atoms with Crippen molar-refractivity contribution in [1.82, 2.24) is 20.6 Å². The van der Waals surface area contributed by atoms with E-state index in [1.807, 2.05) is 0 Å². The quantitative estimate of drug-likeness (QED) is 0.470. The van der Waals surface area contributed by atoms with Crippen molar-refractivity contribution in [3.63, 3.8) is 0 Å². The van der Waals surface area contributed by atoms with Crippen LogP contribution in [0.5, 0.6) is 11.5 Å². The van der Waals surface area contributed by atoms with E-state index < -0.39 is 11.8 Å². The SMILES string of the molecule is CC(CNC(=O)c1cncc(O)c1)NC(=O)c1cncc(O)c1.[Cl-]. The predicted octanol–water partition coefficient (Wildman–Crippen LogP) is -2.56. The maximum atomic E-state index is 11.9. The van der Waals surface area contributed by atoms with E-state index in [-0.39, 0.29) is 47.6 Å². The Bertz CT molecular complexity index is 726. The fourth-order valence-electron chi connectivity index (χ4n) is 1.81. The van der Waals surface area contributed by atoms with E-state index in [0.29, 0.717) is 0 Å². The van der Waals surface area contributed by atoms with Crippen LogP contribution < -0.4 is 23.0 Å². The molecule has 2 aromatic heterocycles. The molecule has 0 fully saturated rings. The van der Waals surface area contributed by atoms with E-state index in [1.165, 1.54) is 36.9 Å². The molecule has 1 unspecified atom stereocenters. The molecule has 2 rings (SSSR count). The lowest BCUT2D eigenvalue weighted by molar-refractivity contribution is -0.0000232. The molecule has 2 heterocycles. The normalized spacial score (nSPS) is 11.0. The number of rotatable bonds is 5. The number of amides is 2. The van der Waals surface area contributed by atoms with Crippen LogP contribution in [-0.2, 0) is 0 Å². The van der Waals surface area contributed by atoms with E-state index in [0.717, 1.165) is 0 Å². The van der Waals surface area contributed by atoms with Gasteiger partial charge in [-0.05, 0) is 19.1 Å². The second kappa shape index (κ2) is 8.68. The molecule has 0 aliphatic heterocycles. The van der Waals surface area contributed by atoms with Crippen molar-refractivity contribution in [2.75, 3.05) is 6.54 Å². The van der Waals surface area contributed by atoms with E-state index in [4.69, 9.17) is 0 Å². The molecule has 0 radical (unpaired) electrons.